The van der Waals surface area contributed by atoms with Gasteiger partial charge in [-0.25, -0.2) is 4.79 Å². The van der Waals surface area contributed by atoms with E-state index in [2.05, 4.69) is 6.58 Å². The van der Waals surface area contributed by atoms with Gasteiger partial charge in [-0.3, -0.25) is 0 Å². The highest BCUT2D eigenvalue weighted by Gasteiger charge is 2.56. The second-order valence-electron chi connectivity index (χ2n) is 7.62. The summed E-state index contributed by atoms with van der Waals surface area (Å²) in [6.07, 6.45) is -3.68. The van der Waals surface area contributed by atoms with Gasteiger partial charge in [-0.1, -0.05) is 13.0 Å². The Labute approximate surface area is 147 Å². The fourth-order valence-corrected chi connectivity index (χ4v) is 3.16. The molecule has 1 aliphatic carbocycles. The van der Waals surface area contributed by atoms with Crippen molar-refractivity contribution in [3.05, 3.63) is 12.2 Å². The van der Waals surface area contributed by atoms with E-state index in [1.807, 2.05) is 0 Å². The first-order valence-corrected chi connectivity index (χ1v) is 8.53. The van der Waals surface area contributed by atoms with E-state index < -0.39 is 35.6 Å². The molecule has 0 bridgehead atoms. The Balaban J connectivity index is 2.93. The Morgan fingerprint density at radius 1 is 1.20 bits per heavy atom. The fourth-order valence-electron chi connectivity index (χ4n) is 3.16. The molecule has 146 valence electrons. The van der Waals surface area contributed by atoms with Crippen LogP contribution in [-0.4, -0.2) is 40.7 Å². The van der Waals surface area contributed by atoms with E-state index in [4.69, 9.17) is 9.47 Å². The van der Waals surface area contributed by atoms with Gasteiger partial charge in [-0.15, -0.1) is 0 Å². The third-order valence-electron chi connectivity index (χ3n) is 5.05. The van der Waals surface area contributed by atoms with Crippen LogP contribution in [0, 0.1) is 5.92 Å². The van der Waals surface area contributed by atoms with Crippen LogP contribution in [0.3, 0.4) is 0 Å². The molecule has 7 heteroatoms. The van der Waals surface area contributed by atoms with Crippen LogP contribution in [0.1, 0.15) is 60.3 Å². The average Bonchev–Trinajstić information content (AvgIpc) is 2.45. The highest BCUT2D eigenvalue weighted by atomic mass is 19.4. The highest BCUT2D eigenvalue weighted by molar-refractivity contribution is 5.87. The molecule has 0 heterocycles. The molecule has 0 aromatic rings. The predicted molar refractivity (Wildman–Crippen MR) is 88.0 cm³/mol. The van der Waals surface area contributed by atoms with Gasteiger partial charge in [0, 0.05) is 11.5 Å². The van der Waals surface area contributed by atoms with Crippen LogP contribution < -0.4 is 0 Å². The third-order valence-corrected chi connectivity index (χ3v) is 5.05. The van der Waals surface area contributed by atoms with Crippen LogP contribution in [0.5, 0.6) is 0 Å². The number of ether oxygens (including phenoxy) is 2. The van der Waals surface area contributed by atoms with Gasteiger partial charge in [0.25, 0.3) is 0 Å². The van der Waals surface area contributed by atoms with Crippen molar-refractivity contribution >= 4 is 5.97 Å². The Morgan fingerprint density at radius 3 is 2.20 bits per heavy atom. The first-order chi connectivity index (χ1) is 11.2. The van der Waals surface area contributed by atoms with E-state index in [-0.39, 0.29) is 11.5 Å². The van der Waals surface area contributed by atoms with E-state index in [9.17, 15) is 23.1 Å². The lowest BCUT2D eigenvalue weighted by atomic mass is 9.76. The zero-order valence-corrected chi connectivity index (χ0v) is 15.6. The van der Waals surface area contributed by atoms with Crippen LogP contribution in [0.15, 0.2) is 12.2 Å². The van der Waals surface area contributed by atoms with Crippen molar-refractivity contribution in [3.63, 3.8) is 0 Å². The quantitative estimate of drug-likeness (QED) is 0.566. The lowest BCUT2D eigenvalue weighted by Gasteiger charge is -2.45. The zero-order valence-electron chi connectivity index (χ0n) is 15.6. The molecule has 0 amide bonds. The molecule has 1 saturated carbocycles. The number of carbonyl (C=O) groups excluding carboxylic acids is 1. The summed E-state index contributed by atoms with van der Waals surface area (Å²) >= 11 is 0. The molecular formula is C18H29F3O4. The molecule has 1 N–H and O–H groups in total. The third kappa shape index (κ3) is 5.20. The first-order valence-electron chi connectivity index (χ1n) is 8.53. The minimum atomic E-state index is -4.80. The maximum Gasteiger partial charge on any atom is 0.419 e. The van der Waals surface area contributed by atoms with Gasteiger partial charge in [-0.2, -0.15) is 13.2 Å². The van der Waals surface area contributed by atoms with E-state index in [1.54, 1.807) is 20.8 Å². The number of aliphatic hydroxyl groups is 1. The summed E-state index contributed by atoms with van der Waals surface area (Å²) in [6.45, 7) is 10.3. The second kappa shape index (κ2) is 7.66. The summed E-state index contributed by atoms with van der Waals surface area (Å²) in [4.78, 5) is 11.8. The van der Waals surface area contributed by atoms with E-state index in [1.165, 1.54) is 6.92 Å². The van der Waals surface area contributed by atoms with Crippen LogP contribution in [0.25, 0.3) is 0 Å². The molecular weight excluding hydrogens is 337 g/mol. The van der Waals surface area contributed by atoms with Gasteiger partial charge in [0.05, 0.1) is 11.7 Å². The Hall–Kier alpha value is -1.08. The number of hydrogen-bond acceptors (Lipinski definition) is 4. The first kappa shape index (κ1) is 22.0. The molecule has 0 aliphatic heterocycles. The van der Waals surface area contributed by atoms with Crippen molar-refractivity contribution in [2.45, 2.75) is 89.9 Å². The maximum atomic E-state index is 13.0. The molecule has 0 aromatic heterocycles. The predicted octanol–water partition coefficient (Wildman–Crippen LogP) is 4.16. The largest absolute Gasteiger partial charge is 0.459 e. The molecule has 4 atom stereocenters. The molecule has 1 rings (SSSR count). The van der Waals surface area contributed by atoms with Crippen LogP contribution in [0.4, 0.5) is 13.2 Å². The lowest BCUT2D eigenvalue weighted by molar-refractivity contribution is -0.302. The van der Waals surface area contributed by atoms with Gasteiger partial charge < -0.3 is 14.6 Å². The molecule has 0 spiro atoms. The average molecular weight is 366 g/mol. The maximum absolute atomic E-state index is 13.0. The summed E-state index contributed by atoms with van der Waals surface area (Å²) in [7, 11) is 0. The SMILES string of the molecule is C=C(C)C(=O)OC1CCCCC1C(C)(C)OC(C)C(C)(O)C(F)(F)F. The number of esters is 1. The van der Waals surface area contributed by atoms with Crippen molar-refractivity contribution in [1.29, 1.82) is 0 Å². The Kier molecular flexibility index (Phi) is 6.73. The molecule has 1 aliphatic rings. The van der Waals surface area contributed by atoms with Gasteiger partial charge in [0.2, 0.25) is 0 Å². The molecule has 25 heavy (non-hydrogen) atoms. The molecule has 4 unspecified atom stereocenters. The minimum Gasteiger partial charge on any atom is -0.459 e. The number of hydrogen-bond donors (Lipinski definition) is 1. The van der Waals surface area contributed by atoms with Gasteiger partial charge in [0.15, 0.2) is 5.60 Å². The summed E-state index contributed by atoms with van der Waals surface area (Å²) in [5.41, 5.74) is -3.70. The molecule has 1 fully saturated rings. The van der Waals surface area contributed by atoms with Crippen molar-refractivity contribution in [2.75, 3.05) is 0 Å². The number of alkyl halides is 3. The minimum absolute atomic E-state index is 0.268. The number of carbonyl (C=O) groups is 1. The standard InChI is InChI=1S/C18H29F3O4/c1-11(2)15(22)24-14-10-8-7-9-13(14)16(4,5)25-12(3)17(6,23)18(19,20)21/h12-14,23H,1,7-10H2,2-6H3. The van der Waals surface area contributed by atoms with Crippen LogP contribution in [-0.2, 0) is 14.3 Å². The van der Waals surface area contributed by atoms with Crippen LogP contribution >= 0.6 is 0 Å². The van der Waals surface area contributed by atoms with Crippen molar-refractivity contribution in [1.82, 2.24) is 0 Å². The zero-order chi connectivity index (χ0) is 19.6. The van der Waals surface area contributed by atoms with Gasteiger partial charge in [-0.05, 0) is 53.9 Å². The fraction of sp³-hybridized carbons (Fsp3) is 0.833. The van der Waals surface area contributed by atoms with Crippen molar-refractivity contribution in [3.8, 4) is 0 Å². The topological polar surface area (TPSA) is 55.8 Å². The Bertz CT molecular complexity index is 497. The van der Waals surface area contributed by atoms with Crippen LogP contribution in [0.2, 0.25) is 0 Å². The summed E-state index contributed by atoms with van der Waals surface area (Å²) < 4.78 is 50.2. The van der Waals surface area contributed by atoms with Crippen molar-refractivity contribution in [2.24, 2.45) is 5.92 Å². The number of halogens is 3. The van der Waals surface area contributed by atoms with Gasteiger partial charge >= 0.3 is 12.1 Å². The van der Waals surface area contributed by atoms with Gasteiger partial charge in [0.1, 0.15) is 6.10 Å². The van der Waals surface area contributed by atoms with Crippen molar-refractivity contribution < 1.29 is 32.5 Å². The Morgan fingerprint density at radius 2 is 1.72 bits per heavy atom. The monoisotopic (exact) mass is 366 g/mol. The summed E-state index contributed by atoms with van der Waals surface area (Å²) in [5, 5.41) is 9.82. The summed E-state index contributed by atoms with van der Waals surface area (Å²) in [6, 6.07) is 0. The van der Waals surface area contributed by atoms with E-state index in [0.717, 1.165) is 12.8 Å². The lowest BCUT2D eigenvalue weighted by Crippen LogP contribution is -2.56. The number of rotatable bonds is 6. The second-order valence-corrected chi connectivity index (χ2v) is 7.62. The molecule has 4 nitrogen and oxygen atoms in total. The molecule has 0 aromatic carbocycles. The smallest absolute Gasteiger partial charge is 0.419 e. The van der Waals surface area contributed by atoms with E-state index in [0.29, 0.717) is 19.8 Å². The highest BCUT2D eigenvalue weighted by Crippen LogP contribution is 2.41. The van der Waals surface area contributed by atoms with E-state index >= 15 is 0 Å². The summed E-state index contributed by atoms with van der Waals surface area (Å²) in [5.74, 6) is -0.779. The molecule has 0 saturated heterocycles. The normalized spacial score (nSPS) is 25.8. The molecule has 0 radical (unpaired) electrons.